The summed E-state index contributed by atoms with van der Waals surface area (Å²) in [7, 11) is 0. The third-order valence-corrected chi connectivity index (χ3v) is 4.33. The molecule has 1 aliphatic heterocycles. The van der Waals surface area contributed by atoms with E-state index in [-0.39, 0.29) is 17.0 Å². The maximum atomic E-state index is 13.1. The highest BCUT2D eigenvalue weighted by Crippen LogP contribution is 2.40. The van der Waals surface area contributed by atoms with Crippen LogP contribution >= 0.6 is 0 Å². The lowest BCUT2D eigenvalue weighted by Gasteiger charge is -2.33. The number of nitrogens with two attached hydrogens (primary N) is 1. The molecule has 0 unspecified atom stereocenters. The average Bonchev–Trinajstić information content (AvgIpc) is 3.09. The van der Waals surface area contributed by atoms with Crippen LogP contribution < -0.4 is 5.73 Å². The van der Waals surface area contributed by atoms with Crippen LogP contribution in [0.2, 0.25) is 0 Å². The van der Waals surface area contributed by atoms with E-state index < -0.39 is 48.4 Å². The molecule has 11 nitrogen and oxygen atoms in total. The summed E-state index contributed by atoms with van der Waals surface area (Å²) >= 11 is 0. The number of rotatable bonds is 5. The van der Waals surface area contributed by atoms with E-state index in [1.807, 2.05) is 0 Å². The summed E-state index contributed by atoms with van der Waals surface area (Å²) in [6, 6.07) is 0. The molecule has 142 valence electrons. The Labute approximate surface area is 148 Å². The van der Waals surface area contributed by atoms with Crippen molar-refractivity contribution >= 4 is 22.8 Å². The third-order valence-electron chi connectivity index (χ3n) is 4.33. The summed E-state index contributed by atoms with van der Waals surface area (Å²) < 4.78 is 6.78. The molecule has 0 radical (unpaired) electrons. The van der Waals surface area contributed by atoms with Crippen LogP contribution in [0, 0.1) is 0 Å². The fourth-order valence-corrected chi connectivity index (χ4v) is 3.13. The van der Waals surface area contributed by atoms with Gasteiger partial charge in [0.05, 0.1) is 12.2 Å². The first-order valence-corrected chi connectivity index (χ1v) is 7.96. The van der Waals surface area contributed by atoms with Crippen molar-refractivity contribution < 1.29 is 30.0 Å². The molecule has 0 aromatic carbocycles. The number of Topliss-reactive ketones (excluding diaryl/α,β-unsaturated/α-hetero) is 1. The number of hydrogen-bond donors (Lipinski definition) is 5. The third kappa shape index (κ3) is 2.73. The zero-order valence-electron chi connectivity index (χ0n) is 14.3. The van der Waals surface area contributed by atoms with Gasteiger partial charge in [-0.1, -0.05) is 0 Å². The van der Waals surface area contributed by atoms with E-state index in [0.29, 0.717) is 0 Å². The summed E-state index contributed by atoms with van der Waals surface area (Å²) in [4.78, 5) is 25.0. The number of nitrogens with zero attached hydrogens (tertiary/aromatic N) is 4. The van der Waals surface area contributed by atoms with Gasteiger partial charge in [0.2, 0.25) is 5.72 Å². The second kappa shape index (κ2) is 6.21. The minimum atomic E-state index is -2.14. The molecule has 2 aromatic heterocycles. The van der Waals surface area contributed by atoms with Gasteiger partial charge in [0.25, 0.3) is 0 Å². The molecular weight excluding hydrogens is 346 g/mol. The first-order valence-electron chi connectivity index (χ1n) is 7.96. The molecule has 0 saturated carbocycles. The fraction of sp³-hybridized carbons (Fsp3) is 0.600. The van der Waals surface area contributed by atoms with Crippen molar-refractivity contribution in [1.82, 2.24) is 19.5 Å². The number of hydrogen-bond acceptors (Lipinski definition) is 10. The summed E-state index contributed by atoms with van der Waals surface area (Å²) in [5.41, 5.74) is 2.50. The van der Waals surface area contributed by atoms with E-state index in [9.17, 15) is 25.2 Å². The molecule has 4 atom stereocenters. The Morgan fingerprint density at radius 1 is 1.38 bits per heavy atom. The molecule has 1 saturated heterocycles. The minimum Gasteiger partial charge on any atom is -0.394 e. The molecule has 3 rings (SSSR count). The molecule has 6 N–H and O–H groups in total. The van der Waals surface area contributed by atoms with Crippen LogP contribution in [0.4, 0.5) is 5.82 Å². The molecule has 2 aromatic rings. The van der Waals surface area contributed by atoms with Crippen molar-refractivity contribution in [2.45, 2.75) is 49.9 Å². The maximum Gasteiger partial charge on any atom is 0.236 e. The Morgan fingerprint density at radius 3 is 2.65 bits per heavy atom. The Balaban J connectivity index is 2.21. The highest BCUT2D eigenvalue weighted by molar-refractivity contribution is 5.90. The van der Waals surface area contributed by atoms with Crippen molar-refractivity contribution in [3.8, 4) is 0 Å². The lowest BCUT2D eigenvalue weighted by atomic mass is 9.90. The number of aromatic nitrogens is 4. The average molecular weight is 367 g/mol. The van der Waals surface area contributed by atoms with Crippen molar-refractivity contribution in [1.29, 1.82) is 0 Å². The summed E-state index contributed by atoms with van der Waals surface area (Å²) in [6.07, 6.45) is -2.54. The number of ketones is 1. The van der Waals surface area contributed by atoms with Gasteiger partial charge in [-0.2, -0.15) is 0 Å². The van der Waals surface area contributed by atoms with E-state index in [4.69, 9.17) is 10.5 Å². The Bertz CT molecular complexity index is 834. The van der Waals surface area contributed by atoms with Gasteiger partial charge < -0.3 is 30.9 Å². The number of anilines is 1. The van der Waals surface area contributed by atoms with Gasteiger partial charge in [-0.15, -0.1) is 0 Å². The zero-order valence-corrected chi connectivity index (χ0v) is 14.3. The quantitative estimate of drug-likeness (QED) is 0.393. The lowest BCUT2D eigenvalue weighted by Crippen LogP contribution is -2.53. The predicted molar refractivity (Wildman–Crippen MR) is 87.6 cm³/mol. The van der Waals surface area contributed by atoms with Gasteiger partial charge in [-0.05, 0) is 13.8 Å². The molecule has 0 spiro atoms. The van der Waals surface area contributed by atoms with E-state index >= 15 is 0 Å². The van der Waals surface area contributed by atoms with Gasteiger partial charge in [-0.25, -0.2) is 15.0 Å². The monoisotopic (exact) mass is 367 g/mol. The molecule has 1 aliphatic rings. The molecular formula is C15H21N5O6. The van der Waals surface area contributed by atoms with Gasteiger partial charge >= 0.3 is 0 Å². The summed E-state index contributed by atoms with van der Waals surface area (Å²) in [5.74, 6) is -0.658. The number of fused-ring (bicyclic) bond motifs is 1. The Hall–Kier alpha value is -2.18. The molecule has 0 aliphatic carbocycles. The summed E-state index contributed by atoms with van der Waals surface area (Å²) in [5, 5.41) is 40.4. The van der Waals surface area contributed by atoms with Crippen LogP contribution in [0.15, 0.2) is 12.7 Å². The number of aliphatic hydroxyl groups excluding tert-OH is 3. The molecule has 26 heavy (non-hydrogen) atoms. The maximum absolute atomic E-state index is 13.1. The van der Waals surface area contributed by atoms with Crippen molar-refractivity contribution in [2.75, 3.05) is 12.3 Å². The van der Waals surface area contributed by atoms with Crippen molar-refractivity contribution in [2.24, 2.45) is 0 Å². The fourth-order valence-electron chi connectivity index (χ4n) is 3.13. The normalized spacial score (nSPS) is 29.4. The van der Waals surface area contributed by atoms with E-state index in [0.717, 1.165) is 10.9 Å². The molecule has 11 heteroatoms. The van der Waals surface area contributed by atoms with Crippen LogP contribution in [-0.2, 0) is 15.3 Å². The number of carbonyl (C=O) groups is 1. The lowest BCUT2D eigenvalue weighted by molar-refractivity contribution is -0.177. The number of nitrogen functional groups attached to an aromatic ring is 1. The van der Waals surface area contributed by atoms with Crippen molar-refractivity contribution in [3.05, 3.63) is 12.7 Å². The number of ether oxygens (including phenoxy) is 1. The van der Waals surface area contributed by atoms with Crippen LogP contribution in [-0.4, -0.2) is 76.2 Å². The number of imidazole rings is 1. The van der Waals surface area contributed by atoms with Crippen LogP contribution in [0.3, 0.4) is 0 Å². The molecule has 3 heterocycles. The Kier molecular flexibility index (Phi) is 4.45. The number of aliphatic hydroxyl groups is 4. The molecule has 1 fully saturated rings. The predicted octanol–water partition coefficient (Wildman–Crippen LogP) is -2.10. The van der Waals surface area contributed by atoms with Crippen LogP contribution in [0.25, 0.3) is 11.2 Å². The highest BCUT2D eigenvalue weighted by Gasteiger charge is 2.60. The van der Waals surface area contributed by atoms with E-state index in [2.05, 4.69) is 15.0 Å². The highest BCUT2D eigenvalue weighted by atomic mass is 16.6. The standard InChI is InChI=1S/C15H21N5O6/c1-14(2,25)3-8(22)15(11(24)10(23)7(4-21)26-15)20-6-19-9-12(16)17-5-18-13(9)20/h5-7,10-11,21,23-25H,3-4H2,1-2H3,(H2,16,17,18)/t7-,10-,11-,15-/m1/s1. The molecule has 0 amide bonds. The first-order chi connectivity index (χ1) is 12.1. The SMILES string of the molecule is CC(C)(O)CC(=O)[C@@]1(n2cnc3c(N)ncnc32)O[C@H](CO)[C@@H](O)[C@H]1O. The van der Waals surface area contributed by atoms with E-state index in [1.54, 1.807) is 0 Å². The topological polar surface area (TPSA) is 177 Å². The second-order valence-corrected chi connectivity index (χ2v) is 6.93. The van der Waals surface area contributed by atoms with Gasteiger partial charge in [-0.3, -0.25) is 9.36 Å². The molecule has 0 bridgehead atoms. The van der Waals surface area contributed by atoms with Crippen molar-refractivity contribution in [3.63, 3.8) is 0 Å². The largest absolute Gasteiger partial charge is 0.394 e. The second-order valence-electron chi connectivity index (χ2n) is 6.93. The van der Waals surface area contributed by atoms with Gasteiger partial charge in [0.1, 0.15) is 36.5 Å². The van der Waals surface area contributed by atoms with Gasteiger partial charge in [0, 0.05) is 6.42 Å². The van der Waals surface area contributed by atoms with Crippen LogP contribution in [0.1, 0.15) is 20.3 Å². The zero-order chi connectivity index (χ0) is 19.3. The minimum absolute atomic E-state index is 0.0607. The summed E-state index contributed by atoms with van der Waals surface area (Å²) in [6.45, 7) is 2.22. The van der Waals surface area contributed by atoms with E-state index in [1.165, 1.54) is 20.2 Å². The Morgan fingerprint density at radius 2 is 2.08 bits per heavy atom. The van der Waals surface area contributed by atoms with Crippen LogP contribution in [0.5, 0.6) is 0 Å². The smallest absolute Gasteiger partial charge is 0.236 e. The first kappa shape index (κ1) is 18.6. The van der Waals surface area contributed by atoms with Gasteiger partial charge in [0.15, 0.2) is 17.2 Å². The number of carbonyl (C=O) groups excluding carboxylic acids is 1.